The van der Waals surface area contributed by atoms with Gasteiger partial charge in [0.15, 0.2) is 0 Å². The molecule has 0 aliphatic heterocycles. The Morgan fingerprint density at radius 3 is 2.05 bits per heavy atom. The molecular formula is C16H17ClFNO2S. The van der Waals surface area contributed by atoms with Crippen molar-refractivity contribution >= 4 is 27.3 Å². The van der Waals surface area contributed by atoms with Crippen LogP contribution >= 0.6 is 11.6 Å². The molecule has 2 rings (SSSR count). The van der Waals surface area contributed by atoms with Gasteiger partial charge in [0.25, 0.3) is 10.0 Å². The number of hydrogen-bond acceptors (Lipinski definition) is 2. The standard InChI is InChI=1S/C16H17ClFNO2S/c1-9-7-10(2)12(4)16(11(9)3)22(20,21)19-13-5-6-15(18)14(17)8-13/h5-8,19H,1-4H3. The Morgan fingerprint density at radius 2 is 1.55 bits per heavy atom. The van der Waals surface area contributed by atoms with Crippen LogP contribution in [0.1, 0.15) is 22.3 Å². The molecule has 2 aromatic carbocycles. The zero-order chi connectivity index (χ0) is 16.7. The SMILES string of the molecule is Cc1cc(C)c(C)c(S(=O)(=O)Nc2ccc(F)c(Cl)c2)c1C. The van der Waals surface area contributed by atoms with Crippen molar-refractivity contribution in [1.82, 2.24) is 0 Å². The van der Waals surface area contributed by atoms with Crippen LogP contribution in [0, 0.1) is 33.5 Å². The summed E-state index contributed by atoms with van der Waals surface area (Å²) in [6, 6.07) is 5.67. The Hall–Kier alpha value is -1.59. The Balaban J connectivity index is 2.54. The van der Waals surface area contributed by atoms with Crippen LogP contribution in [-0.2, 0) is 10.0 Å². The van der Waals surface area contributed by atoms with Gasteiger partial charge in [0.2, 0.25) is 0 Å². The van der Waals surface area contributed by atoms with E-state index in [1.54, 1.807) is 13.8 Å². The molecule has 0 unspecified atom stereocenters. The zero-order valence-corrected chi connectivity index (χ0v) is 14.4. The lowest BCUT2D eigenvalue weighted by molar-refractivity contribution is 0.599. The van der Waals surface area contributed by atoms with Gasteiger partial charge in [-0.05, 0) is 68.1 Å². The summed E-state index contributed by atoms with van der Waals surface area (Å²) in [5, 5.41) is -0.130. The third-order valence-corrected chi connectivity index (χ3v) is 5.68. The second-order valence-corrected chi connectivity index (χ2v) is 7.35. The lowest BCUT2D eigenvalue weighted by Gasteiger charge is -2.17. The largest absolute Gasteiger partial charge is 0.280 e. The molecular weight excluding hydrogens is 325 g/mol. The number of sulfonamides is 1. The van der Waals surface area contributed by atoms with Gasteiger partial charge in [0, 0.05) is 0 Å². The summed E-state index contributed by atoms with van der Waals surface area (Å²) in [7, 11) is -3.78. The minimum absolute atomic E-state index is 0.130. The maximum absolute atomic E-state index is 13.2. The van der Waals surface area contributed by atoms with Crippen molar-refractivity contribution in [3.63, 3.8) is 0 Å². The van der Waals surface area contributed by atoms with Gasteiger partial charge < -0.3 is 0 Å². The number of rotatable bonds is 3. The lowest BCUT2D eigenvalue weighted by atomic mass is 10.0. The summed E-state index contributed by atoms with van der Waals surface area (Å²) >= 11 is 5.69. The van der Waals surface area contributed by atoms with Crippen LogP contribution in [0.25, 0.3) is 0 Å². The van der Waals surface area contributed by atoms with Gasteiger partial charge in [0.1, 0.15) is 5.82 Å². The molecule has 0 saturated heterocycles. The maximum atomic E-state index is 13.2. The molecule has 0 amide bonds. The first kappa shape index (κ1) is 16.8. The van der Waals surface area contributed by atoms with Crippen LogP contribution in [0.2, 0.25) is 5.02 Å². The quantitative estimate of drug-likeness (QED) is 0.892. The molecule has 0 aliphatic carbocycles. The van der Waals surface area contributed by atoms with Crippen molar-refractivity contribution in [1.29, 1.82) is 0 Å². The number of halogens is 2. The zero-order valence-electron chi connectivity index (χ0n) is 12.8. The van der Waals surface area contributed by atoms with Crippen LogP contribution < -0.4 is 4.72 Å². The molecule has 0 spiro atoms. The fraction of sp³-hybridized carbons (Fsp3) is 0.250. The summed E-state index contributed by atoms with van der Waals surface area (Å²) in [4.78, 5) is 0.255. The van der Waals surface area contributed by atoms with Crippen molar-refractivity contribution in [2.45, 2.75) is 32.6 Å². The van der Waals surface area contributed by atoms with Crippen LogP contribution in [0.3, 0.4) is 0 Å². The maximum Gasteiger partial charge on any atom is 0.262 e. The van der Waals surface area contributed by atoms with Crippen LogP contribution in [0.15, 0.2) is 29.2 Å². The van der Waals surface area contributed by atoms with Gasteiger partial charge in [-0.2, -0.15) is 0 Å². The van der Waals surface area contributed by atoms with Crippen molar-refractivity contribution in [2.75, 3.05) is 4.72 Å². The van der Waals surface area contributed by atoms with Crippen molar-refractivity contribution in [3.05, 3.63) is 57.4 Å². The van der Waals surface area contributed by atoms with E-state index in [-0.39, 0.29) is 15.6 Å². The Morgan fingerprint density at radius 1 is 1.00 bits per heavy atom. The molecule has 0 bridgehead atoms. The average molecular weight is 342 g/mol. The van der Waals surface area contributed by atoms with Crippen molar-refractivity contribution in [2.24, 2.45) is 0 Å². The molecule has 0 aliphatic rings. The second-order valence-electron chi connectivity index (χ2n) is 5.32. The van der Waals surface area contributed by atoms with E-state index in [1.165, 1.54) is 12.1 Å². The van der Waals surface area contributed by atoms with Crippen molar-refractivity contribution < 1.29 is 12.8 Å². The topological polar surface area (TPSA) is 46.2 Å². The van der Waals surface area contributed by atoms with Crippen molar-refractivity contribution in [3.8, 4) is 0 Å². The molecule has 6 heteroatoms. The summed E-state index contributed by atoms with van der Waals surface area (Å²) in [6.45, 7) is 7.28. The lowest BCUT2D eigenvalue weighted by Crippen LogP contribution is -2.17. The van der Waals surface area contributed by atoms with E-state index in [1.807, 2.05) is 19.9 Å². The van der Waals surface area contributed by atoms with Crippen LogP contribution in [0.4, 0.5) is 10.1 Å². The Bertz CT molecular complexity index is 821. The summed E-state index contributed by atoms with van der Waals surface area (Å²) in [5.74, 6) is -0.594. The van der Waals surface area contributed by atoms with E-state index < -0.39 is 15.8 Å². The highest BCUT2D eigenvalue weighted by Gasteiger charge is 2.22. The minimum atomic E-state index is -3.78. The van der Waals surface area contributed by atoms with Gasteiger partial charge in [0.05, 0.1) is 15.6 Å². The van der Waals surface area contributed by atoms with E-state index >= 15 is 0 Å². The number of nitrogens with one attached hydrogen (secondary N) is 1. The molecule has 0 atom stereocenters. The summed E-state index contributed by atoms with van der Waals surface area (Å²) < 4.78 is 41.0. The van der Waals surface area contributed by atoms with Crippen LogP contribution in [-0.4, -0.2) is 8.42 Å². The highest BCUT2D eigenvalue weighted by atomic mass is 35.5. The number of aryl methyl sites for hydroxylation is 2. The molecule has 118 valence electrons. The van der Waals surface area contributed by atoms with Gasteiger partial charge in [-0.1, -0.05) is 17.7 Å². The summed E-state index contributed by atoms with van der Waals surface area (Å²) in [6.07, 6.45) is 0. The molecule has 0 fully saturated rings. The van der Waals surface area contributed by atoms with Gasteiger partial charge in [-0.3, -0.25) is 4.72 Å². The predicted octanol–water partition coefficient (Wildman–Crippen LogP) is 4.51. The Labute approximate surface area is 135 Å². The summed E-state index contributed by atoms with van der Waals surface area (Å²) in [5.41, 5.74) is 3.43. The van der Waals surface area contributed by atoms with Crippen LogP contribution in [0.5, 0.6) is 0 Å². The van der Waals surface area contributed by atoms with Gasteiger partial charge in [-0.15, -0.1) is 0 Å². The fourth-order valence-electron chi connectivity index (χ4n) is 2.35. The first-order valence-corrected chi connectivity index (χ1v) is 8.55. The monoisotopic (exact) mass is 341 g/mol. The third-order valence-electron chi connectivity index (χ3n) is 3.74. The second kappa shape index (κ2) is 5.89. The Kier molecular flexibility index (Phi) is 4.49. The molecule has 0 saturated carbocycles. The molecule has 22 heavy (non-hydrogen) atoms. The fourth-order valence-corrected chi connectivity index (χ4v) is 4.20. The van der Waals surface area contributed by atoms with E-state index in [9.17, 15) is 12.8 Å². The van der Waals surface area contributed by atoms with Gasteiger partial charge in [-0.25, -0.2) is 12.8 Å². The smallest absolute Gasteiger partial charge is 0.262 e. The average Bonchev–Trinajstić information content (AvgIpc) is 2.40. The first-order chi connectivity index (χ1) is 10.1. The molecule has 1 N–H and O–H groups in total. The highest BCUT2D eigenvalue weighted by molar-refractivity contribution is 7.92. The number of hydrogen-bond donors (Lipinski definition) is 1. The number of anilines is 1. The molecule has 3 nitrogen and oxygen atoms in total. The van der Waals surface area contributed by atoms with E-state index in [4.69, 9.17) is 11.6 Å². The molecule has 0 heterocycles. The first-order valence-electron chi connectivity index (χ1n) is 6.68. The predicted molar refractivity (Wildman–Crippen MR) is 87.6 cm³/mol. The van der Waals surface area contributed by atoms with E-state index in [0.29, 0.717) is 11.1 Å². The molecule has 0 aromatic heterocycles. The molecule has 2 aromatic rings. The van der Waals surface area contributed by atoms with E-state index in [2.05, 4.69) is 4.72 Å². The highest BCUT2D eigenvalue weighted by Crippen LogP contribution is 2.28. The molecule has 0 radical (unpaired) electrons. The third kappa shape index (κ3) is 3.10. The number of benzene rings is 2. The van der Waals surface area contributed by atoms with Gasteiger partial charge >= 0.3 is 0 Å². The van der Waals surface area contributed by atoms with E-state index in [0.717, 1.165) is 17.2 Å². The minimum Gasteiger partial charge on any atom is -0.280 e. The normalized spacial score (nSPS) is 11.5.